The molecule has 0 aliphatic rings. The molecular weight excluding hydrogens is 126 g/mol. The molecule has 0 aliphatic heterocycles. The van der Waals surface area contributed by atoms with Gasteiger partial charge < -0.3 is 4.52 Å². The molecule has 1 aromatic rings. The van der Waals surface area contributed by atoms with Crippen molar-refractivity contribution in [2.24, 2.45) is 0 Å². The number of aryl methyl sites for hydroxylation is 1. The first kappa shape index (κ1) is 8.95. The van der Waals surface area contributed by atoms with Gasteiger partial charge in [-0.05, 0) is 13.0 Å². The van der Waals surface area contributed by atoms with E-state index in [0.29, 0.717) is 0 Å². The summed E-state index contributed by atoms with van der Waals surface area (Å²) in [4.78, 5) is 0. The average Bonchev–Trinajstić information content (AvgIpc) is 2.40. The molecule has 0 saturated heterocycles. The maximum absolute atomic E-state index is 4.73. The van der Waals surface area contributed by atoms with E-state index in [1.54, 1.807) is 6.08 Å². The van der Waals surface area contributed by atoms with Crippen molar-refractivity contribution in [2.45, 2.75) is 20.8 Å². The largest absolute Gasteiger partial charge is 0.361 e. The Morgan fingerprint density at radius 2 is 2.20 bits per heavy atom. The Labute approximate surface area is 61.5 Å². The van der Waals surface area contributed by atoms with Gasteiger partial charge in [-0.25, -0.2) is 0 Å². The fraction of sp³-hybridized carbons (Fsp3) is 0.375. The molecule has 1 heterocycles. The topological polar surface area (TPSA) is 26.0 Å². The van der Waals surface area contributed by atoms with Crippen molar-refractivity contribution in [3.05, 3.63) is 24.1 Å². The lowest BCUT2D eigenvalue weighted by molar-refractivity contribution is 0.396. The summed E-state index contributed by atoms with van der Waals surface area (Å²) in [6, 6.07) is 1.83. The third kappa shape index (κ3) is 2.49. The van der Waals surface area contributed by atoms with Gasteiger partial charge in [0.05, 0.1) is 0 Å². The van der Waals surface area contributed by atoms with Crippen LogP contribution < -0.4 is 0 Å². The van der Waals surface area contributed by atoms with Crippen LogP contribution in [0.3, 0.4) is 0 Å². The van der Waals surface area contributed by atoms with Crippen LogP contribution in [0.5, 0.6) is 0 Å². The number of nitrogens with zero attached hydrogens (tertiary/aromatic N) is 1. The maximum Gasteiger partial charge on any atom is 0.134 e. The second kappa shape index (κ2) is 4.79. The summed E-state index contributed by atoms with van der Waals surface area (Å²) in [5, 5.41) is 3.64. The predicted molar refractivity (Wildman–Crippen MR) is 42.7 cm³/mol. The Bertz CT molecular complexity index is 191. The fourth-order valence-corrected chi connectivity index (χ4v) is 0.482. The molecule has 0 atom stereocenters. The lowest BCUT2D eigenvalue weighted by Gasteiger charge is -1.67. The summed E-state index contributed by atoms with van der Waals surface area (Å²) in [5.74, 6) is 0.819. The highest BCUT2D eigenvalue weighted by molar-refractivity contribution is 5.40. The number of hydrogen-bond acceptors (Lipinski definition) is 2. The molecule has 0 bridgehead atoms. The third-order valence-electron chi connectivity index (χ3n) is 0.855. The Balaban J connectivity index is 0.000000371. The van der Waals surface area contributed by atoms with Gasteiger partial charge >= 0.3 is 0 Å². The van der Waals surface area contributed by atoms with E-state index in [4.69, 9.17) is 4.52 Å². The minimum absolute atomic E-state index is 0.794. The lowest BCUT2D eigenvalue weighted by atomic mass is 10.4. The van der Waals surface area contributed by atoms with E-state index in [1.165, 1.54) is 0 Å². The molecule has 0 aromatic carbocycles. The summed E-state index contributed by atoms with van der Waals surface area (Å²) in [6.45, 7) is 9.37. The van der Waals surface area contributed by atoms with Gasteiger partial charge in [-0.1, -0.05) is 25.6 Å². The summed E-state index contributed by atoms with van der Waals surface area (Å²) < 4.78 is 4.73. The van der Waals surface area contributed by atoms with E-state index >= 15 is 0 Å². The van der Waals surface area contributed by atoms with Gasteiger partial charge in [-0.15, -0.1) is 0 Å². The number of rotatable bonds is 1. The Hall–Kier alpha value is -1.05. The van der Waals surface area contributed by atoms with Crippen LogP contribution in [0, 0.1) is 6.92 Å². The zero-order valence-corrected chi connectivity index (χ0v) is 6.72. The molecule has 0 radical (unpaired) electrons. The van der Waals surface area contributed by atoms with Crippen LogP contribution >= 0.6 is 0 Å². The molecule has 0 saturated carbocycles. The second-order valence-electron chi connectivity index (χ2n) is 1.57. The summed E-state index contributed by atoms with van der Waals surface area (Å²) in [5.41, 5.74) is 0.794. The SMILES string of the molecule is C=Cc1cc(C)on1.CC. The average molecular weight is 139 g/mol. The van der Waals surface area contributed by atoms with Crippen LogP contribution in [0.15, 0.2) is 17.2 Å². The summed E-state index contributed by atoms with van der Waals surface area (Å²) in [7, 11) is 0. The van der Waals surface area contributed by atoms with Crippen LogP contribution in [-0.4, -0.2) is 5.16 Å². The van der Waals surface area contributed by atoms with Crippen LogP contribution in [-0.2, 0) is 0 Å². The molecular formula is C8H13NO. The van der Waals surface area contributed by atoms with Crippen molar-refractivity contribution in [2.75, 3.05) is 0 Å². The summed E-state index contributed by atoms with van der Waals surface area (Å²) >= 11 is 0. The molecule has 2 nitrogen and oxygen atoms in total. The summed E-state index contributed by atoms with van der Waals surface area (Å²) in [6.07, 6.45) is 1.65. The third-order valence-corrected chi connectivity index (χ3v) is 0.855. The van der Waals surface area contributed by atoms with Crippen molar-refractivity contribution in [1.29, 1.82) is 0 Å². The van der Waals surface area contributed by atoms with Gasteiger partial charge in [-0.2, -0.15) is 0 Å². The van der Waals surface area contributed by atoms with Crippen molar-refractivity contribution in [3.63, 3.8) is 0 Å². The quantitative estimate of drug-likeness (QED) is 0.597. The standard InChI is InChI=1S/C6H7NO.C2H6/c1-3-6-4-5(2)8-7-6;1-2/h3-4H,1H2,2H3;1-2H3. The van der Waals surface area contributed by atoms with E-state index in [-0.39, 0.29) is 0 Å². The predicted octanol–water partition coefficient (Wildman–Crippen LogP) is 2.65. The first-order valence-corrected chi connectivity index (χ1v) is 3.38. The highest BCUT2D eigenvalue weighted by atomic mass is 16.5. The van der Waals surface area contributed by atoms with Gasteiger partial charge in [0.2, 0.25) is 0 Å². The Morgan fingerprint density at radius 1 is 1.60 bits per heavy atom. The molecule has 0 aliphatic carbocycles. The minimum atomic E-state index is 0.794. The normalized spacial score (nSPS) is 7.90. The molecule has 2 heteroatoms. The molecule has 0 unspecified atom stereocenters. The maximum atomic E-state index is 4.73. The van der Waals surface area contributed by atoms with Gasteiger partial charge in [0.15, 0.2) is 0 Å². The molecule has 1 rings (SSSR count). The van der Waals surface area contributed by atoms with Crippen LogP contribution in [0.4, 0.5) is 0 Å². The fourth-order valence-electron chi connectivity index (χ4n) is 0.482. The van der Waals surface area contributed by atoms with Crippen molar-refractivity contribution < 1.29 is 4.52 Å². The zero-order valence-electron chi connectivity index (χ0n) is 6.72. The Morgan fingerprint density at radius 3 is 2.40 bits per heavy atom. The van der Waals surface area contributed by atoms with E-state index in [0.717, 1.165) is 11.5 Å². The molecule has 0 amide bonds. The first-order chi connectivity index (χ1) is 4.83. The molecule has 1 aromatic heterocycles. The molecule has 0 fully saturated rings. The molecule has 0 N–H and O–H groups in total. The molecule has 56 valence electrons. The zero-order chi connectivity index (χ0) is 7.98. The van der Waals surface area contributed by atoms with Crippen molar-refractivity contribution in [1.82, 2.24) is 5.16 Å². The van der Waals surface area contributed by atoms with Crippen LogP contribution in [0.25, 0.3) is 6.08 Å². The van der Waals surface area contributed by atoms with Gasteiger partial charge in [0.25, 0.3) is 0 Å². The van der Waals surface area contributed by atoms with E-state index < -0.39 is 0 Å². The van der Waals surface area contributed by atoms with Crippen LogP contribution in [0.1, 0.15) is 25.3 Å². The highest BCUT2D eigenvalue weighted by Gasteiger charge is 1.90. The minimum Gasteiger partial charge on any atom is -0.361 e. The van der Waals surface area contributed by atoms with Gasteiger partial charge in [0.1, 0.15) is 11.5 Å². The number of hydrogen-bond donors (Lipinski definition) is 0. The van der Waals surface area contributed by atoms with E-state index in [1.807, 2.05) is 26.8 Å². The second-order valence-corrected chi connectivity index (χ2v) is 1.57. The Kier molecular flexibility index (Phi) is 4.29. The molecule has 0 spiro atoms. The number of aromatic nitrogens is 1. The van der Waals surface area contributed by atoms with E-state index in [9.17, 15) is 0 Å². The van der Waals surface area contributed by atoms with Gasteiger partial charge in [0, 0.05) is 6.07 Å². The lowest BCUT2D eigenvalue weighted by Crippen LogP contribution is -1.61. The first-order valence-electron chi connectivity index (χ1n) is 3.38. The van der Waals surface area contributed by atoms with Gasteiger partial charge in [-0.3, -0.25) is 0 Å². The smallest absolute Gasteiger partial charge is 0.134 e. The molecule has 10 heavy (non-hydrogen) atoms. The van der Waals surface area contributed by atoms with Crippen molar-refractivity contribution >= 4 is 6.08 Å². The van der Waals surface area contributed by atoms with Crippen molar-refractivity contribution in [3.8, 4) is 0 Å². The van der Waals surface area contributed by atoms with Crippen LogP contribution in [0.2, 0.25) is 0 Å². The monoisotopic (exact) mass is 139 g/mol. The van der Waals surface area contributed by atoms with E-state index in [2.05, 4.69) is 11.7 Å². The highest BCUT2D eigenvalue weighted by Crippen LogP contribution is 2.00.